The van der Waals surface area contributed by atoms with Gasteiger partial charge in [0.2, 0.25) is 0 Å². The van der Waals surface area contributed by atoms with Gasteiger partial charge in [0, 0.05) is 52.5 Å². The van der Waals surface area contributed by atoms with Crippen LogP contribution in [-0.2, 0) is 0 Å². The molecule has 0 bridgehead atoms. The van der Waals surface area contributed by atoms with Gasteiger partial charge in [-0.3, -0.25) is 4.98 Å². The third kappa shape index (κ3) is 2.57. The first kappa shape index (κ1) is 16.4. The Labute approximate surface area is 157 Å². The van der Waals surface area contributed by atoms with E-state index in [4.69, 9.17) is 0 Å². The third-order valence-corrected chi connectivity index (χ3v) is 4.90. The molecule has 3 nitrogen and oxygen atoms in total. The summed E-state index contributed by atoms with van der Waals surface area (Å²) in [4.78, 5) is 11.0. The van der Waals surface area contributed by atoms with Crippen molar-refractivity contribution in [3.8, 4) is 0 Å². The third-order valence-electron chi connectivity index (χ3n) is 4.90. The van der Waals surface area contributed by atoms with Gasteiger partial charge in [-0.2, -0.15) is 0 Å². The summed E-state index contributed by atoms with van der Waals surface area (Å²) >= 11 is 0. The van der Waals surface area contributed by atoms with Crippen LogP contribution in [0.3, 0.4) is 0 Å². The van der Waals surface area contributed by atoms with Crippen molar-refractivity contribution in [3.05, 3.63) is 102 Å². The monoisotopic (exact) mass is 359 g/mol. The molecule has 128 valence electrons. The number of benzene rings is 2. The van der Waals surface area contributed by atoms with E-state index in [9.17, 15) is 0 Å². The normalized spacial score (nSPS) is 11.1. The summed E-state index contributed by atoms with van der Waals surface area (Å²) in [7, 11) is 0. The molecule has 3 heterocycles. The number of pyridine rings is 1. The van der Waals surface area contributed by atoms with Gasteiger partial charge in [-0.05, 0) is 41.0 Å². The Hall–Kier alpha value is -3.04. The second kappa shape index (κ2) is 6.70. The molecule has 0 aliphatic rings. The van der Waals surface area contributed by atoms with E-state index in [-0.39, 0.29) is 18.3 Å². The Morgan fingerprint density at radius 3 is 1.69 bits per heavy atom. The second-order valence-electron chi connectivity index (χ2n) is 6.29. The van der Waals surface area contributed by atoms with Crippen molar-refractivity contribution in [2.75, 3.05) is 0 Å². The summed E-state index contributed by atoms with van der Waals surface area (Å²) in [6.45, 7) is 0. The zero-order valence-corrected chi connectivity index (χ0v) is 14.8. The Bertz CT molecular complexity index is 1080. The van der Waals surface area contributed by atoms with Crippen molar-refractivity contribution >= 4 is 34.2 Å². The maximum absolute atomic E-state index is 4.20. The summed E-state index contributed by atoms with van der Waals surface area (Å²) in [6, 6.07) is 21.1. The van der Waals surface area contributed by atoms with E-state index in [0.29, 0.717) is 0 Å². The fourth-order valence-corrected chi connectivity index (χ4v) is 3.75. The number of halogens is 1. The van der Waals surface area contributed by atoms with E-state index in [2.05, 4.69) is 88.0 Å². The minimum absolute atomic E-state index is 0. The van der Waals surface area contributed by atoms with Crippen molar-refractivity contribution < 1.29 is 0 Å². The first-order valence-corrected chi connectivity index (χ1v) is 8.44. The zero-order valence-electron chi connectivity index (χ0n) is 14.0. The van der Waals surface area contributed by atoms with Crippen molar-refractivity contribution in [2.24, 2.45) is 0 Å². The fraction of sp³-hybridized carbons (Fsp3) is 0.0455. The number of hydrogen-bond acceptors (Lipinski definition) is 1. The summed E-state index contributed by atoms with van der Waals surface area (Å²) in [5.74, 6) is 0.148. The van der Waals surface area contributed by atoms with Gasteiger partial charge in [0.15, 0.2) is 0 Å². The quantitative estimate of drug-likeness (QED) is 0.429. The Morgan fingerprint density at radius 2 is 1.15 bits per heavy atom. The van der Waals surface area contributed by atoms with E-state index < -0.39 is 0 Å². The van der Waals surface area contributed by atoms with Crippen molar-refractivity contribution in [1.82, 2.24) is 15.0 Å². The highest BCUT2D eigenvalue weighted by Gasteiger charge is 2.22. The minimum Gasteiger partial charge on any atom is -0.361 e. The Kier molecular flexibility index (Phi) is 4.23. The maximum atomic E-state index is 4.20. The molecule has 0 radical (unpaired) electrons. The lowest BCUT2D eigenvalue weighted by Crippen LogP contribution is -2.02. The summed E-state index contributed by atoms with van der Waals surface area (Å²) < 4.78 is 0. The van der Waals surface area contributed by atoms with Crippen molar-refractivity contribution in [2.45, 2.75) is 5.92 Å². The smallest absolute Gasteiger partial charge is 0.0457 e. The second-order valence-corrected chi connectivity index (χ2v) is 6.29. The average molecular weight is 360 g/mol. The largest absolute Gasteiger partial charge is 0.361 e. The molecule has 26 heavy (non-hydrogen) atoms. The van der Waals surface area contributed by atoms with Crippen LogP contribution in [0.2, 0.25) is 0 Å². The predicted molar refractivity (Wildman–Crippen MR) is 109 cm³/mol. The van der Waals surface area contributed by atoms with Crippen LogP contribution >= 0.6 is 12.4 Å². The first-order chi connectivity index (χ1) is 12.4. The number of aromatic amines is 2. The van der Waals surface area contributed by atoms with Gasteiger partial charge in [-0.15, -0.1) is 12.4 Å². The molecule has 0 fully saturated rings. The van der Waals surface area contributed by atoms with Gasteiger partial charge in [0.25, 0.3) is 0 Å². The lowest BCUT2D eigenvalue weighted by molar-refractivity contribution is 0.990. The standard InChI is InChI=1S/C22H17N3.ClH/c1-3-7-20-16(5-1)18(13-24-20)22(15-9-11-23-12-10-15)19-14-25-21-8-4-2-6-17(19)21;/h1-14,22,24-25H;1H. The van der Waals surface area contributed by atoms with Crippen LogP contribution in [0.5, 0.6) is 0 Å². The van der Waals surface area contributed by atoms with Crippen LogP contribution in [0.1, 0.15) is 22.6 Å². The summed E-state index contributed by atoms with van der Waals surface area (Å²) in [5.41, 5.74) is 6.13. The number of fused-ring (bicyclic) bond motifs is 2. The molecule has 3 aromatic heterocycles. The molecule has 0 atom stereocenters. The Morgan fingerprint density at radius 1 is 0.654 bits per heavy atom. The molecule has 0 saturated carbocycles. The number of aromatic nitrogens is 3. The molecule has 0 aliphatic heterocycles. The highest BCUT2D eigenvalue weighted by molar-refractivity contribution is 5.89. The molecule has 0 unspecified atom stereocenters. The lowest BCUT2D eigenvalue weighted by Gasteiger charge is -2.17. The molecule has 5 aromatic rings. The number of hydrogen-bond donors (Lipinski definition) is 2. The van der Waals surface area contributed by atoms with Gasteiger partial charge in [-0.1, -0.05) is 36.4 Å². The SMILES string of the molecule is Cl.c1ccc2c(C(c3ccncc3)c3c[nH]c4ccccc34)c[nH]c2c1. The van der Waals surface area contributed by atoms with E-state index in [1.54, 1.807) is 0 Å². The lowest BCUT2D eigenvalue weighted by atomic mass is 9.85. The molecule has 2 aromatic carbocycles. The van der Waals surface area contributed by atoms with Gasteiger partial charge in [0.1, 0.15) is 0 Å². The molecule has 5 rings (SSSR count). The summed E-state index contributed by atoms with van der Waals surface area (Å²) in [6.07, 6.45) is 8.01. The Balaban J connectivity index is 0.00000168. The predicted octanol–water partition coefficient (Wildman–Crippen LogP) is 5.65. The maximum Gasteiger partial charge on any atom is 0.0457 e. The fourth-order valence-electron chi connectivity index (χ4n) is 3.75. The van der Waals surface area contributed by atoms with Crippen LogP contribution in [0.25, 0.3) is 21.8 Å². The van der Waals surface area contributed by atoms with Crippen molar-refractivity contribution in [1.29, 1.82) is 0 Å². The number of H-pyrrole nitrogens is 2. The van der Waals surface area contributed by atoms with Gasteiger partial charge in [-0.25, -0.2) is 0 Å². The van der Waals surface area contributed by atoms with Crippen LogP contribution in [0, 0.1) is 0 Å². The van der Waals surface area contributed by atoms with E-state index >= 15 is 0 Å². The average Bonchev–Trinajstić information content (AvgIpc) is 3.29. The van der Waals surface area contributed by atoms with Crippen molar-refractivity contribution in [3.63, 3.8) is 0 Å². The number of nitrogens with zero attached hydrogens (tertiary/aromatic N) is 1. The summed E-state index contributed by atoms with van der Waals surface area (Å²) in [5, 5.41) is 2.52. The van der Waals surface area contributed by atoms with Crippen LogP contribution in [0.4, 0.5) is 0 Å². The van der Waals surface area contributed by atoms with Gasteiger partial charge in [0.05, 0.1) is 0 Å². The van der Waals surface area contributed by atoms with Crippen LogP contribution < -0.4 is 0 Å². The molecule has 4 heteroatoms. The highest BCUT2D eigenvalue weighted by Crippen LogP contribution is 2.38. The van der Waals surface area contributed by atoms with E-state index in [1.165, 1.54) is 27.5 Å². The minimum atomic E-state index is 0. The van der Waals surface area contributed by atoms with E-state index in [0.717, 1.165) is 11.0 Å². The van der Waals surface area contributed by atoms with Gasteiger partial charge < -0.3 is 9.97 Å². The molecule has 0 saturated heterocycles. The highest BCUT2D eigenvalue weighted by atomic mass is 35.5. The molecule has 0 spiro atoms. The molecule has 0 aliphatic carbocycles. The van der Waals surface area contributed by atoms with E-state index in [1.807, 2.05) is 12.4 Å². The van der Waals surface area contributed by atoms with Crippen LogP contribution in [0.15, 0.2) is 85.5 Å². The van der Waals surface area contributed by atoms with Crippen LogP contribution in [-0.4, -0.2) is 15.0 Å². The number of nitrogens with one attached hydrogen (secondary N) is 2. The van der Waals surface area contributed by atoms with Gasteiger partial charge >= 0.3 is 0 Å². The molecular weight excluding hydrogens is 342 g/mol. The first-order valence-electron chi connectivity index (χ1n) is 8.44. The number of para-hydroxylation sites is 2. The molecular formula is C22H18ClN3. The topological polar surface area (TPSA) is 44.5 Å². The molecule has 0 amide bonds. The molecule has 2 N–H and O–H groups in total. The number of rotatable bonds is 3. The zero-order chi connectivity index (χ0) is 16.6.